The Bertz CT molecular complexity index is 776. The molecule has 1 aromatic carbocycles. The SMILES string of the molecule is C=CCNc1cnnc(N2CCN(Cc3ccc4c(c3)OCO4)CC2)n1. The summed E-state index contributed by atoms with van der Waals surface area (Å²) in [5.74, 6) is 3.05. The fraction of sp³-hybridized carbons (Fsp3) is 0.389. The van der Waals surface area contributed by atoms with E-state index in [2.05, 4.69) is 49.0 Å². The molecule has 8 nitrogen and oxygen atoms in total. The molecule has 1 fully saturated rings. The molecule has 0 spiro atoms. The average Bonchev–Trinajstić information content (AvgIpc) is 3.15. The van der Waals surface area contributed by atoms with Crippen LogP contribution in [-0.2, 0) is 6.54 Å². The van der Waals surface area contributed by atoms with Gasteiger partial charge in [0.1, 0.15) is 0 Å². The van der Waals surface area contributed by atoms with Gasteiger partial charge in [0.15, 0.2) is 17.3 Å². The van der Waals surface area contributed by atoms with E-state index in [0.29, 0.717) is 19.3 Å². The molecule has 1 saturated heterocycles. The Kier molecular flexibility index (Phi) is 4.83. The summed E-state index contributed by atoms with van der Waals surface area (Å²) in [6.07, 6.45) is 3.42. The van der Waals surface area contributed by atoms with E-state index < -0.39 is 0 Å². The minimum atomic E-state index is 0.312. The molecule has 26 heavy (non-hydrogen) atoms. The zero-order valence-electron chi connectivity index (χ0n) is 14.6. The van der Waals surface area contributed by atoms with Crippen LogP contribution in [0, 0.1) is 0 Å². The lowest BCUT2D eigenvalue weighted by atomic mass is 10.1. The largest absolute Gasteiger partial charge is 0.454 e. The van der Waals surface area contributed by atoms with Crippen LogP contribution in [0.5, 0.6) is 11.5 Å². The molecule has 1 N–H and O–H groups in total. The molecule has 0 unspecified atom stereocenters. The van der Waals surface area contributed by atoms with Crippen molar-refractivity contribution in [2.75, 3.05) is 49.7 Å². The van der Waals surface area contributed by atoms with E-state index >= 15 is 0 Å². The molecule has 0 aliphatic carbocycles. The van der Waals surface area contributed by atoms with Crippen molar-refractivity contribution in [3.05, 3.63) is 42.6 Å². The zero-order valence-corrected chi connectivity index (χ0v) is 14.6. The summed E-state index contributed by atoms with van der Waals surface area (Å²) >= 11 is 0. The molecular formula is C18H22N6O2. The quantitative estimate of drug-likeness (QED) is 0.783. The summed E-state index contributed by atoms with van der Waals surface area (Å²) in [6.45, 7) is 9.19. The van der Waals surface area contributed by atoms with Crippen molar-refractivity contribution in [3.8, 4) is 11.5 Å². The number of anilines is 2. The summed E-state index contributed by atoms with van der Waals surface area (Å²) in [5.41, 5.74) is 1.23. The Labute approximate surface area is 152 Å². The van der Waals surface area contributed by atoms with Crippen LogP contribution in [0.15, 0.2) is 37.1 Å². The van der Waals surface area contributed by atoms with Crippen LogP contribution in [0.2, 0.25) is 0 Å². The van der Waals surface area contributed by atoms with Crippen LogP contribution in [0.25, 0.3) is 0 Å². The molecule has 3 heterocycles. The average molecular weight is 354 g/mol. The van der Waals surface area contributed by atoms with Crippen molar-refractivity contribution in [1.82, 2.24) is 20.1 Å². The first-order chi connectivity index (χ1) is 12.8. The van der Waals surface area contributed by atoms with Gasteiger partial charge < -0.3 is 19.7 Å². The molecule has 2 aromatic rings. The predicted molar refractivity (Wildman–Crippen MR) is 98.6 cm³/mol. The van der Waals surface area contributed by atoms with E-state index in [4.69, 9.17) is 9.47 Å². The van der Waals surface area contributed by atoms with Crippen LogP contribution < -0.4 is 19.7 Å². The first-order valence-corrected chi connectivity index (χ1v) is 8.72. The second-order valence-electron chi connectivity index (χ2n) is 6.26. The normalized spacial score (nSPS) is 16.5. The van der Waals surface area contributed by atoms with Crippen molar-refractivity contribution in [1.29, 1.82) is 0 Å². The van der Waals surface area contributed by atoms with Gasteiger partial charge in [0, 0.05) is 39.3 Å². The molecular weight excluding hydrogens is 332 g/mol. The number of aromatic nitrogens is 3. The Morgan fingerprint density at radius 1 is 1.15 bits per heavy atom. The summed E-state index contributed by atoms with van der Waals surface area (Å²) in [4.78, 5) is 9.11. The number of hydrogen-bond donors (Lipinski definition) is 1. The molecule has 0 amide bonds. The Morgan fingerprint density at radius 2 is 2.00 bits per heavy atom. The second kappa shape index (κ2) is 7.57. The molecule has 0 bridgehead atoms. The number of rotatable bonds is 6. The van der Waals surface area contributed by atoms with Gasteiger partial charge in [0.25, 0.3) is 0 Å². The zero-order chi connectivity index (χ0) is 17.8. The van der Waals surface area contributed by atoms with Crippen molar-refractivity contribution in [3.63, 3.8) is 0 Å². The van der Waals surface area contributed by atoms with E-state index in [-0.39, 0.29) is 0 Å². The minimum absolute atomic E-state index is 0.312. The molecule has 2 aliphatic rings. The third-order valence-corrected chi connectivity index (χ3v) is 4.47. The van der Waals surface area contributed by atoms with Gasteiger partial charge in [0.05, 0.1) is 6.20 Å². The van der Waals surface area contributed by atoms with Gasteiger partial charge >= 0.3 is 0 Å². The second-order valence-corrected chi connectivity index (χ2v) is 6.26. The first-order valence-electron chi connectivity index (χ1n) is 8.72. The standard InChI is InChI=1S/C18H22N6O2/c1-2-5-19-17-11-20-22-18(21-17)24-8-6-23(7-9-24)12-14-3-4-15-16(10-14)26-13-25-15/h2-4,10-11H,1,5-9,12-13H2,(H,19,21,22). The molecule has 8 heteroatoms. The summed E-state index contributed by atoms with van der Waals surface area (Å²) in [7, 11) is 0. The highest BCUT2D eigenvalue weighted by Crippen LogP contribution is 2.32. The van der Waals surface area contributed by atoms with Crippen molar-refractivity contribution in [2.45, 2.75) is 6.54 Å². The van der Waals surface area contributed by atoms with Crippen LogP contribution >= 0.6 is 0 Å². The lowest BCUT2D eigenvalue weighted by molar-refractivity contribution is 0.174. The Hall–Kier alpha value is -2.87. The Balaban J connectivity index is 1.33. The van der Waals surface area contributed by atoms with Gasteiger partial charge in [-0.3, -0.25) is 4.90 Å². The number of nitrogens with zero attached hydrogens (tertiary/aromatic N) is 5. The smallest absolute Gasteiger partial charge is 0.247 e. The van der Waals surface area contributed by atoms with Gasteiger partial charge in [-0.1, -0.05) is 12.1 Å². The molecule has 1 aromatic heterocycles. The highest BCUT2D eigenvalue weighted by atomic mass is 16.7. The molecule has 2 aliphatic heterocycles. The van der Waals surface area contributed by atoms with E-state index in [1.165, 1.54) is 5.56 Å². The number of hydrogen-bond acceptors (Lipinski definition) is 8. The van der Waals surface area contributed by atoms with Gasteiger partial charge in [-0.05, 0) is 17.7 Å². The molecule has 0 radical (unpaired) electrons. The highest BCUT2D eigenvalue weighted by molar-refractivity contribution is 5.44. The lowest BCUT2D eigenvalue weighted by Gasteiger charge is -2.34. The molecule has 0 saturated carbocycles. The van der Waals surface area contributed by atoms with E-state index in [9.17, 15) is 0 Å². The maximum absolute atomic E-state index is 5.46. The maximum atomic E-state index is 5.46. The highest BCUT2D eigenvalue weighted by Gasteiger charge is 2.21. The van der Waals surface area contributed by atoms with E-state index in [0.717, 1.165) is 50.0 Å². The van der Waals surface area contributed by atoms with E-state index in [1.807, 2.05) is 6.07 Å². The topological polar surface area (TPSA) is 75.6 Å². The van der Waals surface area contributed by atoms with Crippen molar-refractivity contribution >= 4 is 11.8 Å². The molecule has 0 atom stereocenters. The van der Waals surface area contributed by atoms with Crippen LogP contribution in [-0.4, -0.2) is 59.6 Å². The van der Waals surface area contributed by atoms with Crippen LogP contribution in [0.3, 0.4) is 0 Å². The number of benzene rings is 1. The van der Waals surface area contributed by atoms with E-state index in [1.54, 1.807) is 12.3 Å². The minimum Gasteiger partial charge on any atom is -0.454 e. The number of ether oxygens (including phenoxy) is 2. The van der Waals surface area contributed by atoms with Crippen molar-refractivity contribution in [2.24, 2.45) is 0 Å². The fourth-order valence-electron chi connectivity index (χ4n) is 3.09. The van der Waals surface area contributed by atoms with Crippen LogP contribution in [0.1, 0.15) is 5.56 Å². The van der Waals surface area contributed by atoms with Crippen molar-refractivity contribution < 1.29 is 9.47 Å². The maximum Gasteiger partial charge on any atom is 0.247 e. The molecule has 4 rings (SSSR count). The van der Waals surface area contributed by atoms with Gasteiger partial charge in [-0.25, -0.2) is 0 Å². The summed E-state index contributed by atoms with van der Waals surface area (Å²) in [6, 6.07) is 6.15. The third kappa shape index (κ3) is 3.70. The summed E-state index contributed by atoms with van der Waals surface area (Å²) < 4.78 is 10.8. The fourth-order valence-corrected chi connectivity index (χ4v) is 3.09. The molecule has 136 valence electrons. The Morgan fingerprint density at radius 3 is 2.85 bits per heavy atom. The van der Waals surface area contributed by atoms with Gasteiger partial charge in [-0.15, -0.1) is 11.7 Å². The number of fused-ring (bicyclic) bond motifs is 1. The predicted octanol–water partition coefficient (Wildman–Crippen LogP) is 1.52. The first kappa shape index (κ1) is 16.6. The van der Waals surface area contributed by atoms with Crippen LogP contribution in [0.4, 0.5) is 11.8 Å². The lowest BCUT2D eigenvalue weighted by Crippen LogP contribution is -2.46. The van der Waals surface area contributed by atoms with Gasteiger partial charge in [0.2, 0.25) is 12.7 Å². The van der Waals surface area contributed by atoms with Gasteiger partial charge in [-0.2, -0.15) is 10.1 Å². The number of piperazine rings is 1. The third-order valence-electron chi connectivity index (χ3n) is 4.47. The summed E-state index contributed by atoms with van der Waals surface area (Å²) in [5, 5.41) is 11.4. The monoisotopic (exact) mass is 354 g/mol. The number of nitrogens with one attached hydrogen (secondary N) is 1.